The maximum atomic E-state index is 11.8. The lowest BCUT2D eigenvalue weighted by Gasteiger charge is -2.38. The largest absolute Gasteiger partial charge is 0.481 e. The number of carbonyl (C=O) groups excluding carboxylic acids is 1. The molecule has 1 aromatic heterocycles. The number of thiazole rings is 1. The normalized spacial score (nSPS) is 15.2. The average Bonchev–Trinajstić information content (AvgIpc) is 2.74. The van der Waals surface area contributed by atoms with E-state index >= 15 is 0 Å². The Labute approximate surface area is 126 Å². The Morgan fingerprint density at radius 1 is 1.55 bits per heavy atom. The van der Waals surface area contributed by atoms with Gasteiger partial charge in [0.1, 0.15) is 0 Å². The summed E-state index contributed by atoms with van der Waals surface area (Å²) in [6.45, 7) is 3.18. The maximum Gasteiger partial charge on any atom is 0.303 e. The molecule has 110 valence electrons. The van der Waals surface area contributed by atoms with Gasteiger partial charge in [0, 0.05) is 42.3 Å². The van der Waals surface area contributed by atoms with Gasteiger partial charge >= 0.3 is 5.97 Å². The molecular weight excluding hydrogens is 296 g/mol. The molecule has 1 saturated heterocycles. The van der Waals surface area contributed by atoms with Gasteiger partial charge in [0.2, 0.25) is 5.91 Å². The number of aromatic nitrogens is 1. The van der Waals surface area contributed by atoms with Crippen LogP contribution < -0.4 is 0 Å². The van der Waals surface area contributed by atoms with Crippen LogP contribution in [0.25, 0.3) is 0 Å². The van der Waals surface area contributed by atoms with E-state index in [4.69, 9.17) is 5.11 Å². The second-order valence-corrected chi connectivity index (χ2v) is 7.09. The molecule has 20 heavy (non-hydrogen) atoms. The van der Waals surface area contributed by atoms with E-state index in [0.29, 0.717) is 19.5 Å². The SMILES string of the molecule is Cc1nc(CSCCC(=O)N2CC(CC(=O)O)C2)cs1. The van der Waals surface area contributed by atoms with Gasteiger partial charge in [-0.15, -0.1) is 11.3 Å². The van der Waals surface area contributed by atoms with Crippen molar-refractivity contribution in [2.45, 2.75) is 25.5 Å². The topological polar surface area (TPSA) is 70.5 Å². The van der Waals surface area contributed by atoms with E-state index in [0.717, 1.165) is 22.2 Å². The standard InChI is InChI=1S/C13H18N2O3S2/c1-9-14-11(8-20-9)7-19-3-2-12(16)15-5-10(6-15)4-13(17)18/h8,10H,2-7H2,1H3,(H,17,18). The number of carboxylic acid groups (broad SMARTS) is 1. The van der Waals surface area contributed by atoms with E-state index in [1.807, 2.05) is 6.92 Å². The number of likely N-dealkylation sites (tertiary alicyclic amines) is 1. The summed E-state index contributed by atoms with van der Waals surface area (Å²) in [4.78, 5) is 28.5. The van der Waals surface area contributed by atoms with Gasteiger partial charge in [0.05, 0.1) is 17.1 Å². The third-order valence-corrected chi connectivity index (χ3v) is 4.96. The molecule has 2 heterocycles. The first-order chi connectivity index (χ1) is 9.54. The Balaban J connectivity index is 1.56. The average molecular weight is 314 g/mol. The third-order valence-electron chi connectivity index (χ3n) is 3.15. The van der Waals surface area contributed by atoms with Gasteiger partial charge in [-0.05, 0) is 6.92 Å². The van der Waals surface area contributed by atoms with Gasteiger partial charge in [0.15, 0.2) is 0 Å². The predicted molar refractivity (Wildman–Crippen MR) is 80.0 cm³/mol. The molecule has 1 aromatic rings. The second kappa shape index (κ2) is 7.08. The van der Waals surface area contributed by atoms with E-state index in [1.54, 1.807) is 28.0 Å². The van der Waals surface area contributed by atoms with E-state index in [-0.39, 0.29) is 18.2 Å². The summed E-state index contributed by atoms with van der Waals surface area (Å²) in [7, 11) is 0. The highest BCUT2D eigenvalue weighted by molar-refractivity contribution is 7.98. The minimum Gasteiger partial charge on any atom is -0.481 e. The van der Waals surface area contributed by atoms with Crippen molar-refractivity contribution in [2.75, 3.05) is 18.8 Å². The first kappa shape index (κ1) is 15.3. The van der Waals surface area contributed by atoms with Crippen LogP contribution in [0.15, 0.2) is 5.38 Å². The first-order valence-electron chi connectivity index (χ1n) is 6.53. The molecule has 0 spiro atoms. The van der Waals surface area contributed by atoms with Crippen molar-refractivity contribution in [3.05, 3.63) is 16.1 Å². The molecule has 0 radical (unpaired) electrons. The van der Waals surface area contributed by atoms with E-state index < -0.39 is 5.97 Å². The number of carboxylic acids is 1. The summed E-state index contributed by atoms with van der Waals surface area (Å²) in [6, 6.07) is 0. The minimum absolute atomic E-state index is 0.133. The predicted octanol–water partition coefficient (Wildman–Crippen LogP) is 2.01. The molecule has 0 unspecified atom stereocenters. The smallest absolute Gasteiger partial charge is 0.303 e. The van der Waals surface area contributed by atoms with Crippen molar-refractivity contribution in [2.24, 2.45) is 5.92 Å². The monoisotopic (exact) mass is 314 g/mol. The summed E-state index contributed by atoms with van der Waals surface area (Å²) in [5, 5.41) is 11.8. The van der Waals surface area contributed by atoms with Crippen molar-refractivity contribution in [3.63, 3.8) is 0 Å². The van der Waals surface area contributed by atoms with Gasteiger partial charge in [-0.1, -0.05) is 0 Å². The molecule has 0 aromatic carbocycles. The first-order valence-corrected chi connectivity index (χ1v) is 8.56. The van der Waals surface area contributed by atoms with Gasteiger partial charge in [0.25, 0.3) is 0 Å². The molecule has 0 atom stereocenters. The third kappa shape index (κ3) is 4.49. The Kier molecular flexibility index (Phi) is 5.42. The van der Waals surface area contributed by atoms with Crippen molar-refractivity contribution in [1.29, 1.82) is 0 Å². The number of nitrogens with zero attached hydrogens (tertiary/aromatic N) is 2. The Morgan fingerprint density at radius 2 is 2.30 bits per heavy atom. The molecule has 1 aliphatic heterocycles. The number of hydrogen-bond acceptors (Lipinski definition) is 5. The maximum absolute atomic E-state index is 11.8. The van der Waals surface area contributed by atoms with E-state index in [9.17, 15) is 9.59 Å². The highest BCUT2D eigenvalue weighted by atomic mass is 32.2. The molecule has 1 N–H and O–H groups in total. The number of carbonyl (C=O) groups is 2. The van der Waals surface area contributed by atoms with Crippen LogP contribution in [0.5, 0.6) is 0 Å². The molecular formula is C13H18N2O3S2. The Hall–Kier alpha value is -1.08. The van der Waals surface area contributed by atoms with Gasteiger partial charge < -0.3 is 10.0 Å². The van der Waals surface area contributed by atoms with Crippen LogP contribution in [0.4, 0.5) is 0 Å². The summed E-state index contributed by atoms with van der Waals surface area (Å²) in [6.07, 6.45) is 0.690. The Bertz CT molecular complexity index is 484. The van der Waals surface area contributed by atoms with Crippen molar-refractivity contribution < 1.29 is 14.7 Å². The van der Waals surface area contributed by atoms with Crippen LogP contribution in [-0.2, 0) is 15.3 Å². The molecule has 1 fully saturated rings. The number of thioether (sulfide) groups is 1. The number of hydrogen-bond donors (Lipinski definition) is 1. The summed E-state index contributed by atoms with van der Waals surface area (Å²) in [5.74, 6) is 1.13. The second-order valence-electron chi connectivity index (χ2n) is 4.92. The Morgan fingerprint density at radius 3 is 2.90 bits per heavy atom. The number of rotatable bonds is 7. The van der Waals surface area contributed by atoms with Crippen LogP contribution >= 0.6 is 23.1 Å². The minimum atomic E-state index is -0.781. The zero-order valence-corrected chi connectivity index (χ0v) is 13.0. The fourth-order valence-electron chi connectivity index (χ4n) is 2.12. The molecule has 1 aliphatic rings. The van der Waals surface area contributed by atoms with Crippen LogP contribution in [0, 0.1) is 12.8 Å². The highest BCUT2D eigenvalue weighted by Crippen LogP contribution is 2.21. The van der Waals surface area contributed by atoms with E-state index in [1.165, 1.54) is 0 Å². The van der Waals surface area contributed by atoms with Gasteiger partial charge in [-0.3, -0.25) is 9.59 Å². The lowest BCUT2D eigenvalue weighted by molar-refractivity contribution is -0.144. The molecule has 0 saturated carbocycles. The lowest BCUT2D eigenvalue weighted by atomic mass is 9.96. The van der Waals surface area contributed by atoms with Crippen molar-refractivity contribution >= 4 is 35.0 Å². The highest BCUT2D eigenvalue weighted by Gasteiger charge is 2.31. The van der Waals surface area contributed by atoms with Gasteiger partial charge in [-0.25, -0.2) is 4.98 Å². The van der Waals surface area contributed by atoms with E-state index in [2.05, 4.69) is 10.4 Å². The lowest BCUT2D eigenvalue weighted by Crippen LogP contribution is -2.50. The summed E-state index contributed by atoms with van der Waals surface area (Å²) >= 11 is 3.36. The summed E-state index contributed by atoms with van der Waals surface area (Å²) < 4.78 is 0. The molecule has 7 heteroatoms. The fourth-order valence-corrected chi connectivity index (χ4v) is 3.66. The number of aryl methyl sites for hydroxylation is 1. The zero-order valence-electron chi connectivity index (χ0n) is 11.4. The van der Waals surface area contributed by atoms with Crippen molar-refractivity contribution in [1.82, 2.24) is 9.88 Å². The fraction of sp³-hybridized carbons (Fsp3) is 0.615. The molecule has 0 aliphatic carbocycles. The van der Waals surface area contributed by atoms with Crippen molar-refractivity contribution in [3.8, 4) is 0 Å². The quantitative estimate of drug-likeness (QED) is 0.780. The molecule has 2 rings (SSSR count). The number of aliphatic carboxylic acids is 1. The zero-order chi connectivity index (χ0) is 14.5. The molecule has 1 amide bonds. The van der Waals surface area contributed by atoms with Crippen LogP contribution in [-0.4, -0.2) is 45.7 Å². The van der Waals surface area contributed by atoms with Gasteiger partial charge in [-0.2, -0.15) is 11.8 Å². The number of amides is 1. The van der Waals surface area contributed by atoms with Crippen LogP contribution in [0.3, 0.4) is 0 Å². The summed E-state index contributed by atoms with van der Waals surface area (Å²) in [5.41, 5.74) is 1.08. The molecule has 0 bridgehead atoms. The van der Waals surface area contributed by atoms with Crippen LogP contribution in [0.2, 0.25) is 0 Å². The van der Waals surface area contributed by atoms with Crippen LogP contribution in [0.1, 0.15) is 23.5 Å². The molecule has 5 nitrogen and oxygen atoms in total.